The van der Waals surface area contributed by atoms with Crippen molar-refractivity contribution in [3.8, 4) is 5.75 Å². The molecule has 1 atom stereocenters. The fraction of sp³-hybridized carbons (Fsp3) is 0.167. The van der Waals surface area contributed by atoms with Gasteiger partial charge >= 0.3 is 0 Å². The molecule has 0 radical (unpaired) electrons. The lowest BCUT2D eigenvalue weighted by atomic mass is 10.2. The monoisotopic (exact) mass is 311 g/mol. The maximum atomic E-state index is 12.1. The number of hydrazine groups is 1. The van der Waals surface area contributed by atoms with Gasteiger partial charge in [0.15, 0.2) is 0 Å². The number of benzene rings is 2. The van der Waals surface area contributed by atoms with Gasteiger partial charge in [0, 0.05) is 5.69 Å². The molecule has 3 N–H and O–H groups in total. The minimum Gasteiger partial charge on any atom is -0.497 e. The summed E-state index contributed by atoms with van der Waals surface area (Å²) in [6, 6.07) is 16.6. The number of amides is 1. The van der Waals surface area contributed by atoms with Crippen LogP contribution >= 0.6 is 0 Å². The molecule has 0 aliphatic rings. The predicted molar refractivity (Wildman–Crippen MR) is 92.8 cm³/mol. The highest BCUT2D eigenvalue weighted by molar-refractivity contribution is 5.84. The Morgan fingerprint density at radius 2 is 1.70 bits per heavy atom. The van der Waals surface area contributed by atoms with E-state index in [9.17, 15) is 4.79 Å². The number of ether oxygens (including phenoxy) is 1. The Bertz CT molecular complexity index is 654. The molecule has 0 spiro atoms. The Kier molecular flexibility index (Phi) is 5.63. The highest BCUT2D eigenvalue weighted by Gasteiger charge is 2.12. The summed E-state index contributed by atoms with van der Waals surface area (Å²) in [6.45, 7) is 5.70. The second-order valence-corrected chi connectivity index (χ2v) is 5.05. The molecule has 0 heterocycles. The van der Waals surface area contributed by atoms with Gasteiger partial charge in [0.05, 0.1) is 12.8 Å². The molecule has 0 unspecified atom stereocenters. The molecule has 0 bridgehead atoms. The molecule has 0 aliphatic carbocycles. The molecule has 2 aromatic rings. The molecule has 23 heavy (non-hydrogen) atoms. The number of hydrogen-bond donors (Lipinski definition) is 3. The summed E-state index contributed by atoms with van der Waals surface area (Å²) in [4.78, 5) is 12.1. The highest BCUT2D eigenvalue weighted by Crippen LogP contribution is 2.15. The number of carbonyl (C=O) groups is 1. The standard InChI is InChI=1S/C18H21N3O2/c1-13(15-9-11-17(23-3)12-10-15)20-21-18(22)14(2)19-16-7-5-4-6-8-16/h4-12,14,19-20H,1H2,2-3H3,(H,21,22)/t14-/m0/s1. The molecule has 0 saturated carbocycles. The molecule has 5 heteroatoms. The Balaban J connectivity index is 1.84. The molecule has 0 saturated heterocycles. The number of carbonyl (C=O) groups excluding carboxylic acids is 1. The minimum absolute atomic E-state index is 0.177. The summed E-state index contributed by atoms with van der Waals surface area (Å²) < 4.78 is 5.11. The van der Waals surface area contributed by atoms with Crippen LogP contribution in [0.25, 0.3) is 5.70 Å². The first-order chi connectivity index (χ1) is 11.1. The van der Waals surface area contributed by atoms with E-state index in [2.05, 4.69) is 22.7 Å². The first-order valence-corrected chi connectivity index (χ1v) is 7.31. The van der Waals surface area contributed by atoms with Crippen molar-refractivity contribution in [2.75, 3.05) is 12.4 Å². The average Bonchev–Trinajstić information content (AvgIpc) is 2.60. The van der Waals surface area contributed by atoms with Crippen LogP contribution in [0.3, 0.4) is 0 Å². The van der Waals surface area contributed by atoms with E-state index in [-0.39, 0.29) is 11.9 Å². The lowest BCUT2D eigenvalue weighted by molar-refractivity contribution is -0.122. The summed E-state index contributed by atoms with van der Waals surface area (Å²) in [5, 5.41) is 3.12. The second kappa shape index (κ2) is 7.89. The maximum absolute atomic E-state index is 12.1. The third kappa shape index (κ3) is 4.78. The average molecular weight is 311 g/mol. The first kappa shape index (κ1) is 16.4. The zero-order chi connectivity index (χ0) is 16.7. The fourth-order valence-corrected chi connectivity index (χ4v) is 1.96. The summed E-state index contributed by atoms with van der Waals surface area (Å²) in [5.41, 5.74) is 7.84. The predicted octanol–water partition coefficient (Wildman–Crippen LogP) is 2.79. The minimum atomic E-state index is -0.381. The number of para-hydroxylation sites is 1. The van der Waals surface area contributed by atoms with Gasteiger partial charge in [-0.2, -0.15) is 0 Å². The van der Waals surface area contributed by atoms with Crippen LogP contribution in [0.15, 0.2) is 61.2 Å². The second-order valence-electron chi connectivity index (χ2n) is 5.05. The molecule has 2 aromatic carbocycles. The third-order valence-corrected chi connectivity index (χ3v) is 3.33. The number of anilines is 1. The number of hydrogen-bond acceptors (Lipinski definition) is 4. The smallest absolute Gasteiger partial charge is 0.260 e. The van der Waals surface area contributed by atoms with Crippen molar-refractivity contribution in [3.63, 3.8) is 0 Å². The molecular formula is C18H21N3O2. The van der Waals surface area contributed by atoms with Crippen molar-refractivity contribution in [3.05, 3.63) is 66.7 Å². The van der Waals surface area contributed by atoms with Crippen LogP contribution in [0.2, 0.25) is 0 Å². The van der Waals surface area contributed by atoms with Crippen LogP contribution < -0.4 is 20.9 Å². The van der Waals surface area contributed by atoms with Gasteiger partial charge in [0.1, 0.15) is 11.8 Å². The topological polar surface area (TPSA) is 62.4 Å². The summed E-state index contributed by atoms with van der Waals surface area (Å²) in [7, 11) is 1.61. The van der Waals surface area contributed by atoms with Crippen LogP contribution in [0.5, 0.6) is 5.75 Å². The first-order valence-electron chi connectivity index (χ1n) is 7.31. The maximum Gasteiger partial charge on any atom is 0.260 e. The Morgan fingerprint density at radius 3 is 2.30 bits per heavy atom. The van der Waals surface area contributed by atoms with Crippen LogP contribution in [0, 0.1) is 0 Å². The van der Waals surface area contributed by atoms with E-state index in [0.717, 1.165) is 17.0 Å². The van der Waals surface area contributed by atoms with Crippen LogP contribution in [0.4, 0.5) is 5.69 Å². The molecule has 120 valence electrons. The molecule has 0 fully saturated rings. The summed E-state index contributed by atoms with van der Waals surface area (Å²) >= 11 is 0. The van der Waals surface area contributed by atoms with Gasteiger partial charge in [0.2, 0.25) is 0 Å². The van der Waals surface area contributed by atoms with Gasteiger partial charge in [-0.25, -0.2) is 0 Å². The van der Waals surface area contributed by atoms with Crippen molar-refractivity contribution in [1.82, 2.24) is 10.9 Å². The van der Waals surface area contributed by atoms with E-state index in [4.69, 9.17) is 4.74 Å². The van der Waals surface area contributed by atoms with E-state index < -0.39 is 0 Å². The Labute approximate surface area is 136 Å². The quantitative estimate of drug-likeness (QED) is 0.688. The lowest BCUT2D eigenvalue weighted by Crippen LogP contribution is -2.44. The normalized spacial score (nSPS) is 11.2. The fourth-order valence-electron chi connectivity index (χ4n) is 1.96. The van der Waals surface area contributed by atoms with Crippen molar-refractivity contribution in [1.29, 1.82) is 0 Å². The van der Waals surface area contributed by atoms with Gasteiger partial charge in [-0.3, -0.25) is 15.6 Å². The van der Waals surface area contributed by atoms with E-state index in [1.807, 2.05) is 54.6 Å². The third-order valence-electron chi connectivity index (χ3n) is 3.33. The van der Waals surface area contributed by atoms with Gasteiger partial charge in [-0.1, -0.05) is 24.8 Å². The van der Waals surface area contributed by atoms with Gasteiger partial charge in [-0.05, 0) is 48.9 Å². The number of nitrogens with one attached hydrogen (secondary N) is 3. The van der Waals surface area contributed by atoms with E-state index in [1.54, 1.807) is 14.0 Å². The molecule has 2 rings (SSSR count). The van der Waals surface area contributed by atoms with Crippen LogP contribution in [-0.2, 0) is 4.79 Å². The summed E-state index contributed by atoms with van der Waals surface area (Å²) in [6.07, 6.45) is 0. The van der Waals surface area contributed by atoms with E-state index in [0.29, 0.717) is 5.70 Å². The van der Waals surface area contributed by atoms with E-state index in [1.165, 1.54) is 0 Å². The van der Waals surface area contributed by atoms with Crippen molar-refractivity contribution < 1.29 is 9.53 Å². The van der Waals surface area contributed by atoms with Gasteiger partial charge in [0.25, 0.3) is 5.91 Å². The summed E-state index contributed by atoms with van der Waals surface area (Å²) in [5.74, 6) is 0.592. The van der Waals surface area contributed by atoms with Crippen molar-refractivity contribution in [2.45, 2.75) is 13.0 Å². The van der Waals surface area contributed by atoms with Crippen LogP contribution in [-0.4, -0.2) is 19.1 Å². The molecular weight excluding hydrogens is 290 g/mol. The molecule has 0 aromatic heterocycles. The number of rotatable bonds is 7. The van der Waals surface area contributed by atoms with Crippen LogP contribution in [0.1, 0.15) is 12.5 Å². The molecule has 1 amide bonds. The Hall–Kier alpha value is -2.95. The van der Waals surface area contributed by atoms with Crippen molar-refractivity contribution in [2.24, 2.45) is 0 Å². The largest absolute Gasteiger partial charge is 0.497 e. The number of methoxy groups -OCH3 is 1. The SMILES string of the molecule is C=C(NNC(=O)[C@H](C)Nc1ccccc1)c1ccc(OC)cc1. The lowest BCUT2D eigenvalue weighted by Gasteiger charge is -2.17. The van der Waals surface area contributed by atoms with Crippen molar-refractivity contribution >= 4 is 17.3 Å². The zero-order valence-electron chi connectivity index (χ0n) is 13.3. The zero-order valence-corrected chi connectivity index (χ0v) is 13.3. The highest BCUT2D eigenvalue weighted by atomic mass is 16.5. The molecule has 0 aliphatic heterocycles. The van der Waals surface area contributed by atoms with Gasteiger partial charge < -0.3 is 10.1 Å². The molecule has 5 nitrogen and oxygen atoms in total. The Morgan fingerprint density at radius 1 is 1.04 bits per heavy atom. The van der Waals surface area contributed by atoms with E-state index >= 15 is 0 Å². The van der Waals surface area contributed by atoms with Gasteiger partial charge in [-0.15, -0.1) is 0 Å².